The van der Waals surface area contributed by atoms with Gasteiger partial charge in [-0.2, -0.15) is 0 Å². The zero-order chi connectivity index (χ0) is 17.6. The first-order chi connectivity index (χ1) is 12.1. The van der Waals surface area contributed by atoms with Gasteiger partial charge >= 0.3 is 5.97 Å². The van der Waals surface area contributed by atoms with Gasteiger partial charge in [-0.1, -0.05) is 48.5 Å². The zero-order valence-electron chi connectivity index (χ0n) is 14.1. The van der Waals surface area contributed by atoms with Crippen LogP contribution >= 0.6 is 0 Å². The van der Waals surface area contributed by atoms with Crippen molar-refractivity contribution in [1.82, 2.24) is 4.98 Å². The molecule has 122 valence electrons. The topological polar surface area (TPSA) is 50.2 Å². The fourth-order valence-electron chi connectivity index (χ4n) is 3.59. The van der Waals surface area contributed by atoms with E-state index >= 15 is 0 Å². The Morgan fingerprint density at radius 3 is 2.20 bits per heavy atom. The number of aromatic nitrogens is 1. The number of nitrogens with zero attached hydrogens (tertiary/aromatic N) is 1. The van der Waals surface area contributed by atoms with Gasteiger partial charge in [0.1, 0.15) is 0 Å². The molecule has 3 heteroatoms. The Balaban J connectivity index is 2.20. The van der Waals surface area contributed by atoms with E-state index in [0.29, 0.717) is 5.69 Å². The SMILES string of the molecule is Cc1cc(-c2cc3ccccc3c3ccccc23)c(C(=O)O)c(C)n1. The van der Waals surface area contributed by atoms with E-state index in [1.165, 1.54) is 5.39 Å². The summed E-state index contributed by atoms with van der Waals surface area (Å²) in [5.41, 5.74) is 3.28. The minimum Gasteiger partial charge on any atom is -0.478 e. The summed E-state index contributed by atoms with van der Waals surface area (Å²) in [4.78, 5) is 16.2. The fourth-order valence-corrected chi connectivity index (χ4v) is 3.59. The maximum atomic E-state index is 11.9. The third-order valence-electron chi connectivity index (χ3n) is 4.60. The van der Waals surface area contributed by atoms with Crippen LogP contribution in [0.5, 0.6) is 0 Å². The highest BCUT2D eigenvalue weighted by molar-refractivity contribution is 6.15. The molecule has 1 N–H and O–H groups in total. The molecule has 0 amide bonds. The maximum Gasteiger partial charge on any atom is 0.338 e. The van der Waals surface area contributed by atoms with Crippen LogP contribution in [0.25, 0.3) is 32.7 Å². The fraction of sp³-hybridized carbons (Fsp3) is 0.0909. The van der Waals surface area contributed by atoms with Gasteiger partial charge < -0.3 is 5.11 Å². The zero-order valence-corrected chi connectivity index (χ0v) is 14.1. The third kappa shape index (κ3) is 2.45. The van der Waals surface area contributed by atoms with Gasteiger partial charge in [-0.25, -0.2) is 4.79 Å². The third-order valence-corrected chi connectivity index (χ3v) is 4.60. The number of hydrogen-bond donors (Lipinski definition) is 1. The molecule has 0 aliphatic carbocycles. The minimum absolute atomic E-state index is 0.269. The summed E-state index contributed by atoms with van der Waals surface area (Å²) in [5.74, 6) is -0.947. The molecule has 1 aromatic heterocycles. The Bertz CT molecular complexity index is 1150. The van der Waals surface area contributed by atoms with Gasteiger partial charge in [0.05, 0.1) is 11.3 Å². The lowest BCUT2D eigenvalue weighted by atomic mass is 9.90. The standard InChI is InChI=1S/C22H17NO2/c1-13-11-20(21(22(24)25)14(2)23-13)19-12-15-7-3-4-8-16(15)17-9-5-6-10-18(17)19/h3-12H,1-2H3,(H,24,25). The minimum atomic E-state index is -0.947. The molecule has 0 unspecified atom stereocenters. The molecule has 0 saturated carbocycles. The highest BCUT2D eigenvalue weighted by atomic mass is 16.4. The Labute approximate surface area is 145 Å². The van der Waals surface area contributed by atoms with Crippen LogP contribution in [0.2, 0.25) is 0 Å². The second kappa shape index (κ2) is 5.71. The number of benzene rings is 3. The van der Waals surface area contributed by atoms with Crippen molar-refractivity contribution in [2.45, 2.75) is 13.8 Å². The normalized spacial score (nSPS) is 11.1. The number of carboxylic acids is 1. The van der Waals surface area contributed by atoms with Crippen molar-refractivity contribution < 1.29 is 9.90 Å². The van der Waals surface area contributed by atoms with Gasteiger partial charge in [0, 0.05) is 11.3 Å². The Hall–Kier alpha value is -3.20. The van der Waals surface area contributed by atoms with Crippen LogP contribution in [0.15, 0.2) is 60.7 Å². The highest BCUT2D eigenvalue weighted by Crippen LogP contribution is 2.37. The van der Waals surface area contributed by atoms with Crippen molar-refractivity contribution in [2.75, 3.05) is 0 Å². The van der Waals surface area contributed by atoms with Gasteiger partial charge in [-0.3, -0.25) is 4.98 Å². The number of aromatic carboxylic acids is 1. The first kappa shape index (κ1) is 15.3. The first-order valence-electron chi connectivity index (χ1n) is 8.18. The molecular weight excluding hydrogens is 310 g/mol. The molecule has 0 saturated heterocycles. The van der Waals surface area contributed by atoms with Crippen LogP contribution in [0.4, 0.5) is 0 Å². The van der Waals surface area contributed by atoms with Crippen molar-refractivity contribution in [3.63, 3.8) is 0 Å². The molecule has 25 heavy (non-hydrogen) atoms. The van der Waals surface area contributed by atoms with Gasteiger partial charge in [-0.15, -0.1) is 0 Å². The van der Waals surface area contributed by atoms with Crippen molar-refractivity contribution in [1.29, 1.82) is 0 Å². The highest BCUT2D eigenvalue weighted by Gasteiger charge is 2.19. The molecule has 4 aromatic rings. The second-order valence-electron chi connectivity index (χ2n) is 6.27. The van der Waals surface area contributed by atoms with Crippen molar-refractivity contribution in [3.05, 3.63) is 77.6 Å². The number of fused-ring (bicyclic) bond motifs is 3. The van der Waals surface area contributed by atoms with Gasteiger partial charge in [0.2, 0.25) is 0 Å². The van der Waals surface area contributed by atoms with Crippen LogP contribution in [-0.4, -0.2) is 16.1 Å². The molecule has 4 rings (SSSR count). The van der Waals surface area contributed by atoms with Crippen molar-refractivity contribution >= 4 is 27.5 Å². The summed E-state index contributed by atoms with van der Waals surface area (Å²) in [7, 11) is 0. The quantitative estimate of drug-likeness (QED) is 0.504. The van der Waals surface area contributed by atoms with Gasteiger partial charge in [0.15, 0.2) is 0 Å². The summed E-state index contributed by atoms with van der Waals surface area (Å²) in [6.45, 7) is 3.65. The summed E-state index contributed by atoms with van der Waals surface area (Å²) in [5, 5.41) is 14.2. The number of carboxylic acid groups (broad SMARTS) is 1. The molecule has 0 aliphatic rings. The summed E-state index contributed by atoms with van der Waals surface area (Å²) in [6, 6.07) is 20.3. The number of pyridine rings is 1. The number of rotatable bonds is 2. The van der Waals surface area contributed by atoms with E-state index in [9.17, 15) is 9.90 Å². The second-order valence-corrected chi connectivity index (χ2v) is 6.27. The van der Waals surface area contributed by atoms with Gasteiger partial charge in [-0.05, 0) is 53.1 Å². The molecule has 3 aromatic carbocycles. The van der Waals surface area contributed by atoms with E-state index in [-0.39, 0.29) is 5.56 Å². The molecular formula is C22H17NO2. The molecule has 1 heterocycles. The van der Waals surface area contributed by atoms with E-state index in [4.69, 9.17) is 0 Å². The van der Waals surface area contributed by atoms with E-state index < -0.39 is 5.97 Å². The average molecular weight is 327 g/mol. The molecule has 0 spiro atoms. The van der Waals surface area contributed by atoms with E-state index in [2.05, 4.69) is 29.2 Å². The van der Waals surface area contributed by atoms with E-state index in [0.717, 1.165) is 33.0 Å². The predicted molar refractivity (Wildman–Crippen MR) is 101 cm³/mol. The summed E-state index contributed by atoms with van der Waals surface area (Å²) < 4.78 is 0. The summed E-state index contributed by atoms with van der Waals surface area (Å²) >= 11 is 0. The average Bonchev–Trinajstić information content (AvgIpc) is 2.60. The van der Waals surface area contributed by atoms with E-state index in [1.807, 2.05) is 43.3 Å². The van der Waals surface area contributed by atoms with Crippen LogP contribution in [0.3, 0.4) is 0 Å². The lowest BCUT2D eigenvalue weighted by Gasteiger charge is -2.15. The van der Waals surface area contributed by atoms with Gasteiger partial charge in [0.25, 0.3) is 0 Å². The Kier molecular flexibility index (Phi) is 3.50. The maximum absolute atomic E-state index is 11.9. The monoisotopic (exact) mass is 327 g/mol. The van der Waals surface area contributed by atoms with Crippen molar-refractivity contribution in [3.8, 4) is 11.1 Å². The number of aryl methyl sites for hydroxylation is 2. The van der Waals surface area contributed by atoms with Crippen LogP contribution < -0.4 is 0 Å². The largest absolute Gasteiger partial charge is 0.478 e. The molecule has 0 radical (unpaired) electrons. The molecule has 0 atom stereocenters. The van der Waals surface area contributed by atoms with Crippen LogP contribution in [0.1, 0.15) is 21.7 Å². The Morgan fingerprint density at radius 1 is 0.840 bits per heavy atom. The predicted octanol–water partition coefficient (Wildman–Crippen LogP) is 5.37. The molecule has 0 aliphatic heterocycles. The first-order valence-corrected chi connectivity index (χ1v) is 8.18. The molecule has 0 bridgehead atoms. The van der Waals surface area contributed by atoms with Crippen LogP contribution in [0, 0.1) is 13.8 Å². The molecule has 3 nitrogen and oxygen atoms in total. The Morgan fingerprint density at radius 2 is 1.48 bits per heavy atom. The molecule has 0 fully saturated rings. The lowest BCUT2D eigenvalue weighted by Crippen LogP contribution is -2.06. The van der Waals surface area contributed by atoms with Crippen LogP contribution in [-0.2, 0) is 0 Å². The summed E-state index contributed by atoms with van der Waals surface area (Å²) in [6.07, 6.45) is 0. The number of carbonyl (C=O) groups is 1. The van der Waals surface area contributed by atoms with E-state index in [1.54, 1.807) is 6.92 Å². The van der Waals surface area contributed by atoms with Crippen molar-refractivity contribution in [2.24, 2.45) is 0 Å². The lowest BCUT2D eigenvalue weighted by molar-refractivity contribution is 0.0696. The smallest absolute Gasteiger partial charge is 0.338 e. The number of hydrogen-bond acceptors (Lipinski definition) is 2.